The van der Waals surface area contributed by atoms with Crippen LogP contribution in [0.4, 0.5) is 8.78 Å². The van der Waals surface area contributed by atoms with Gasteiger partial charge in [-0.1, -0.05) is 49.3 Å². The first-order valence-corrected chi connectivity index (χ1v) is 9.42. The number of rotatable bonds is 7. The Bertz CT molecular complexity index is 867. The Balaban J connectivity index is 1.69. The summed E-state index contributed by atoms with van der Waals surface area (Å²) in [5.74, 6) is -0.536. The highest BCUT2D eigenvalue weighted by Crippen LogP contribution is 2.20. The zero-order valence-electron chi connectivity index (χ0n) is 16.1. The fourth-order valence-electron chi connectivity index (χ4n) is 3.18. The SMILES string of the molecule is CC(C)CC(=O)N(Cc1ccccc1F)C[C@@H]1CC(c2cccc(F)c2)=NO1. The third-order valence-corrected chi connectivity index (χ3v) is 4.57. The van der Waals surface area contributed by atoms with Gasteiger partial charge in [-0.15, -0.1) is 0 Å². The van der Waals surface area contributed by atoms with E-state index in [0.717, 1.165) is 0 Å². The van der Waals surface area contributed by atoms with E-state index in [2.05, 4.69) is 5.16 Å². The molecule has 0 aliphatic carbocycles. The number of nitrogens with zero attached hydrogens (tertiary/aromatic N) is 2. The summed E-state index contributed by atoms with van der Waals surface area (Å²) >= 11 is 0. The zero-order valence-corrected chi connectivity index (χ0v) is 16.1. The van der Waals surface area contributed by atoms with E-state index in [1.54, 1.807) is 35.2 Å². The van der Waals surface area contributed by atoms with Gasteiger partial charge in [-0.3, -0.25) is 4.79 Å². The predicted octanol–water partition coefficient (Wildman–Crippen LogP) is 4.53. The number of carbonyl (C=O) groups excluding carboxylic acids is 1. The fraction of sp³-hybridized carbons (Fsp3) is 0.364. The second-order valence-corrected chi connectivity index (χ2v) is 7.44. The summed E-state index contributed by atoms with van der Waals surface area (Å²) in [7, 11) is 0. The molecule has 1 amide bonds. The van der Waals surface area contributed by atoms with Crippen LogP contribution in [0.15, 0.2) is 53.7 Å². The number of carbonyl (C=O) groups is 1. The van der Waals surface area contributed by atoms with Gasteiger partial charge in [-0.25, -0.2) is 8.78 Å². The molecule has 0 aromatic heterocycles. The van der Waals surface area contributed by atoms with Crippen molar-refractivity contribution in [3.8, 4) is 0 Å². The van der Waals surface area contributed by atoms with Gasteiger partial charge in [0.05, 0.1) is 12.3 Å². The second kappa shape index (κ2) is 8.95. The number of benzene rings is 2. The Morgan fingerprint density at radius 2 is 2.00 bits per heavy atom. The van der Waals surface area contributed by atoms with Crippen LogP contribution in [0.3, 0.4) is 0 Å². The number of hydrogen-bond donors (Lipinski definition) is 0. The van der Waals surface area contributed by atoms with Crippen molar-refractivity contribution in [3.05, 3.63) is 71.3 Å². The van der Waals surface area contributed by atoms with Crippen LogP contribution in [-0.2, 0) is 16.2 Å². The van der Waals surface area contributed by atoms with Crippen molar-refractivity contribution in [1.29, 1.82) is 0 Å². The molecule has 2 aromatic carbocycles. The molecule has 0 N–H and O–H groups in total. The Labute approximate surface area is 163 Å². The van der Waals surface area contributed by atoms with Crippen molar-refractivity contribution in [2.45, 2.75) is 39.3 Å². The molecule has 2 aromatic rings. The number of hydrogen-bond acceptors (Lipinski definition) is 3. The molecule has 1 atom stereocenters. The minimum absolute atomic E-state index is 0.0546. The molecule has 0 bridgehead atoms. The van der Waals surface area contributed by atoms with E-state index in [-0.39, 0.29) is 36.1 Å². The lowest BCUT2D eigenvalue weighted by atomic mass is 10.0. The quantitative estimate of drug-likeness (QED) is 0.701. The smallest absolute Gasteiger partial charge is 0.223 e. The molecule has 1 aliphatic heterocycles. The van der Waals surface area contributed by atoms with Crippen molar-refractivity contribution < 1.29 is 18.4 Å². The molecule has 0 saturated carbocycles. The molecule has 0 unspecified atom stereocenters. The normalized spacial score (nSPS) is 16.0. The Morgan fingerprint density at radius 1 is 1.21 bits per heavy atom. The molecule has 0 radical (unpaired) electrons. The Kier molecular flexibility index (Phi) is 6.39. The van der Waals surface area contributed by atoms with Crippen LogP contribution in [0.2, 0.25) is 0 Å². The summed E-state index contributed by atoms with van der Waals surface area (Å²) in [5, 5.41) is 4.06. The molecule has 6 heteroatoms. The van der Waals surface area contributed by atoms with Crippen LogP contribution in [0.1, 0.15) is 37.8 Å². The molecule has 28 heavy (non-hydrogen) atoms. The maximum Gasteiger partial charge on any atom is 0.223 e. The number of amides is 1. The van der Waals surface area contributed by atoms with Crippen LogP contribution < -0.4 is 0 Å². The van der Waals surface area contributed by atoms with Crippen molar-refractivity contribution in [3.63, 3.8) is 0 Å². The molecule has 148 valence electrons. The van der Waals surface area contributed by atoms with Crippen LogP contribution in [0, 0.1) is 17.6 Å². The average Bonchev–Trinajstić information content (AvgIpc) is 3.11. The third kappa shape index (κ3) is 5.15. The third-order valence-electron chi connectivity index (χ3n) is 4.57. The van der Waals surface area contributed by atoms with E-state index in [1.165, 1.54) is 18.2 Å². The minimum atomic E-state index is -0.346. The number of oxime groups is 1. The summed E-state index contributed by atoms with van der Waals surface area (Å²) in [4.78, 5) is 19.8. The minimum Gasteiger partial charge on any atom is -0.390 e. The standard InChI is InChI=1S/C22H24F2N2O2/c1-15(2)10-22(27)26(13-17-6-3-4-9-20(17)24)14-19-12-21(25-28-19)16-7-5-8-18(23)11-16/h3-9,11,15,19H,10,12-14H2,1-2H3/t19-/m0/s1. The first kappa shape index (κ1) is 20.0. The van der Waals surface area contributed by atoms with Crippen LogP contribution in [0.5, 0.6) is 0 Å². The molecular weight excluding hydrogens is 362 g/mol. The summed E-state index contributed by atoms with van der Waals surface area (Å²) < 4.78 is 27.5. The molecule has 1 heterocycles. The maximum atomic E-state index is 14.1. The maximum absolute atomic E-state index is 14.1. The first-order valence-electron chi connectivity index (χ1n) is 9.42. The van der Waals surface area contributed by atoms with Gasteiger partial charge in [0, 0.05) is 30.5 Å². The van der Waals surface area contributed by atoms with Gasteiger partial charge >= 0.3 is 0 Å². The molecule has 1 aliphatic rings. The lowest BCUT2D eigenvalue weighted by Gasteiger charge is -2.26. The van der Waals surface area contributed by atoms with Gasteiger partial charge in [0.25, 0.3) is 0 Å². The van der Waals surface area contributed by atoms with E-state index in [9.17, 15) is 13.6 Å². The van der Waals surface area contributed by atoms with Crippen molar-refractivity contribution in [2.75, 3.05) is 6.54 Å². The van der Waals surface area contributed by atoms with Gasteiger partial charge < -0.3 is 9.74 Å². The van der Waals surface area contributed by atoms with Gasteiger partial charge in [0.2, 0.25) is 5.91 Å². The molecule has 0 spiro atoms. The van der Waals surface area contributed by atoms with E-state index in [0.29, 0.717) is 36.2 Å². The summed E-state index contributed by atoms with van der Waals surface area (Å²) in [6.07, 6.45) is 0.492. The van der Waals surface area contributed by atoms with E-state index < -0.39 is 0 Å². The monoisotopic (exact) mass is 386 g/mol. The fourth-order valence-corrected chi connectivity index (χ4v) is 3.18. The van der Waals surface area contributed by atoms with Crippen molar-refractivity contribution >= 4 is 11.6 Å². The summed E-state index contributed by atoms with van der Waals surface area (Å²) in [5.41, 5.74) is 1.77. The number of halogens is 2. The molecule has 0 fully saturated rings. The largest absolute Gasteiger partial charge is 0.390 e. The van der Waals surface area contributed by atoms with E-state index in [4.69, 9.17) is 4.84 Å². The van der Waals surface area contributed by atoms with Gasteiger partial charge in [0.15, 0.2) is 6.10 Å². The Morgan fingerprint density at radius 3 is 2.71 bits per heavy atom. The van der Waals surface area contributed by atoms with Crippen molar-refractivity contribution in [1.82, 2.24) is 4.90 Å². The van der Waals surface area contributed by atoms with Gasteiger partial charge in [-0.2, -0.15) is 0 Å². The molecule has 0 saturated heterocycles. The average molecular weight is 386 g/mol. The van der Waals surface area contributed by atoms with Crippen LogP contribution in [-0.4, -0.2) is 29.2 Å². The highest BCUT2D eigenvalue weighted by molar-refractivity contribution is 6.01. The lowest BCUT2D eigenvalue weighted by Crippen LogP contribution is -2.38. The first-order chi connectivity index (χ1) is 13.4. The molecule has 3 rings (SSSR count). The van der Waals surface area contributed by atoms with Gasteiger partial charge in [0.1, 0.15) is 11.6 Å². The summed E-state index contributed by atoms with van der Waals surface area (Å²) in [6.45, 7) is 4.41. The molecule has 4 nitrogen and oxygen atoms in total. The summed E-state index contributed by atoms with van der Waals surface area (Å²) in [6, 6.07) is 12.6. The van der Waals surface area contributed by atoms with E-state index in [1.807, 2.05) is 13.8 Å². The molecular formula is C22H24F2N2O2. The van der Waals surface area contributed by atoms with Crippen LogP contribution in [0.25, 0.3) is 0 Å². The zero-order chi connectivity index (χ0) is 20.1. The predicted molar refractivity (Wildman–Crippen MR) is 104 cm³/mol. The Hall–Kier alpha value is -2.76. The van der Waals surface area contributed by atoms with E-state index >= 15 is 0 Å². The highest BCUT2D eigenvalue weighted by Gasteiger charge is 2.27. The lowest BCUT2D eigenvalue weighted by molar-refractivity contribution is -0.134. The highest BCUT2D eigenvalue weighted by atomic mass is 19.1. The van der Waals surface area contributed by atoms with Crippen LogP contribution >= 0.6 is 0 Å². The van der Waals surface area contributed by atoms with Gasteiger partial charge in [-0.05, 0) is 24.1 Å². The second-order valence-electron chi connectivity index (χ2n) is 7.44. The van der Waals surface area contributed by atoms with Crippen molar-refractivity contribution in [2.24, 2.45) is 11.1 Å². The topological polar surface area (TPSA) is 41.9 Å².